The number of rotatable bonds is 6. The second-order valence-electron chi connectivity index (χ2n) is 10.5. The lowest BCUT2D eigenvalue weighted by atomic mass is 9.95. The molecule has 40 heavy (non-hydrogen) atoms. The predicted octanol–water partition coefficient (Wildman–Crippen LogP) is 5.25. The van der Waals surface area contributed by atoms with Gasteiger partial charge in [-0.2, -0.15) is 0 Å². The van der Waals surface area contributed by atoms with Gasteiger partial charge in [0.25, 0.3) is 0 Å². The van der Waals surface area contributed by atoms with E-state index in [1.165, 1.54) is 6.33 Å². The van der Waals surface area contributed by atoms with Crippen molar-refractivity contribution in [3.05, 3.63) is 120 Å². The quantitative estimate of drug-likeness (QED) is 0.352. The summed E-state index contributed by atoms with van der Waals surface area (Å²) in [6.45, 7) is 5.33. The van der Waals surface area contributed by atoms with Gasteiger partial charge in [0.1, 0.15) is 18.0 Å². The van der Waals surface area contributed by atoms with Gasteiger partial charge in [0.2, 0.25) is 5.91 Å². The van der Waals surface area contributed by atoms with E-state index in [0.29, 0.717) is 11.3 Å². The van der Waals surface area contributed by atoms with Crippen LogP contribution in [0.3, 0.4) is 0 Å². The number of nitrogens with zero attached hydrogens (tertiary/aromatic N) is 3. The lowest BCUT2D eigenvalue weighted by Gasteiger charge is -2.25. The zero-order valence-electron chi connectivity index (χ0n) is 22.7. The van der Waals surface area contributed by atoms with Gasteiger partial charge in [0.15, 0.2) is 6.17 Å². The Morgan fingerprint density at radius 3 is 2.25 bits per heavy atom. The van der Waals surface area contributed by atoms with Gasteiger partial charge in [-0.3, -0.25) is 9.79 Å². The van der Waals surface area contributed by atoms with Crippen LogP contribution in [0.15, 0.2) is 102 Å². The molecule has 2 atom stereocenters. The van der Waals surface area contributed by atoms with E-state index < -0.39 is 29.8 Å². The highest BCUT2D eigenvalue weighted by Crippen LogP contribution is 2.34. The first-order valence-electron chi connectivity index (χ1n) is 13.2. The monoisotopic (exact) mass is 533 g/mol. The van der Waals surface area contributed by atoms with Crippen LogP contribution in [0.1, 0.15) is 49.2 Å². The van der Waals surface area contributed by atoms with Crippen molar-refractivity contribution in [3.8, 4) is 11.3 Å². The van der Waals surface area contributed by atoms with Gasteiger partial charge in [-0.05, 0) is 26.3 Å². The molecule has 2 N–H and O–H groups in total. The maximum atomic E-state index is 13.9. The minimum Gasteiger partial charge on any atom is -0.444 e. The second kappa shape index (κ2) is 11.5. The van der Waals surface area contributed by atoms with Crippen LogP contribution in [0, 0.1) is 0 Å². The number of amides is 2. The summed E-state index contributed by atoms with van der Waals surface area (Å²) >= 11 is 0. The van der Waals surface area contributed by atoms with Crippen LogP contribution in [0.5, 0.6) is 0 Å². The molecule has 8 heteroatoms. The summed E-state index contributed by atoms with van der Waals surface area (Å²) in [7, 11) is 0. The molecule has 0 unspecified atom stereocenters. The summed E-state index contributed by atoms with van der Waals surface area (Å²) in [4.78, 5) is 40.5. The number of hydrogen-bond donors (Lipinski definition) is 2. The molecule has 4 aromatic rings. The number of nitrogens with one attached hydrogen (secondary N) is 2. The third-order valence-electron chi connectivity index (χ3n) is 6.35. The number of carbonyl (C=O) groups is 2. The average molecular weight is 534 g/mol. The van der Waals surface area contributed by atoms with Crippen molar-refractivity contribution in [2.45, 2.75) is 45.0 Å². The van der Waals surface area contributed by atoms with Gasteiger partial charge in [-0.25, -0.2) is 14.8 Å². The molecule has 0 spiro atoms. The van der Waals surface area contributed by atoms with Crippen LogP contribution in [0.2, 0.25) is 0 Å². The summed E-state index contributed by atoms with van der Waals surface area (Å²) in [5, 5.41) is 5.82. The minimum atomic E-state index is -0.911. The molecule has 0 bridgehead atoms. The molecule has 0 saturated heterocycles. The number of carbonyl (C=O) groups excluding carboxylic acids is 2. The molecule has 0 aliphatic carbocycles. The third kappa shape index (κ3) is 6.23. The summed E-state index contributed by atoms with van der Waals surface area (Å²) in [6.07, 6.45) is 1.96. The average Bonchev–Trinajstić information content (AvgIpc) is 3.08. The molecule has 202 valence electrons. The molecular weight excluding hydrogens is 502 g/mol. The molecule has 1 aromatic heterocycles. The van der Waals surface area contributed by atoms with E-state index in [-0.39, 0.29) is 6.42 Å². The van der Waals surface area contributed by atoms with E-state index in [2.05, 4.69) is 20.6 Å². The maximum Gasteiger partial charge on any atom is 0.408 e. The first-order chi connectivity index (χ1) is 19.3. The summed E-state index contributed by atoms with van der Waals surface area (Å²) < 4.78 is 5.46. The molecule has 0 saturated carbocycles. The number of hydrogen-bond acceptors (Lipinski definition) is 6. The first-order valence-corrected chi connectivity index (χ1v) is 13.2. The smallest absolute Gasteiger partial charge is 0.408 e. The van der Waals surface area contributed by atoms with E-state index in [9.17, 15) is 9.59 Å². The zero-order valence-corrected chi connectivity index (χ0v) is 22.7. The van der Waals surface area contributed by atoms with Crippen LogP contribution < -0.4 is 10.6 Å². The lowest BCUT2D eigenvalue weighted by Crippen LogP contribution is -2.50. The Kier molecular flexibility index (Phi) is 7.68. The molecule has 0 fully saturated rings. The molecule has 2 heterocycles. The number of benzene rings is 3. The Hall–Kier alpha value is -4.85. The van der Waals surface area contributed by atoms with Crippen molar-refractivity contribution in [2.75, 3.05) is 0 Å². The van der Waals surface area contributed by atoms with E-state index in [1.54, 1.807) is 27.0 Å². The van der Waals surface area contributed by atoms with Crippen LogP contribution in [-0.2, 0) is 16.0 Å². The Balaban J connectivity index is 1.53. The fraction of sp³-hybridized carbons (Fsp3) is 0.219. The van der Waals surface area contributed by atoms with Crippen LogP contribution in [0.25, 0.3) is 11.3 Å². The SMILES string of the molecule is CC(C)(C)OC(=O)N[C@@H](Cc1ccccc1)C(=O)N[C@H]1N=C(c2ccccc2)c2ccccc2-c2ncncc21. The van der Waals surface area contributed by atoms with Gasteiger partial charge in [0, 0.05) is 34.9 Å². The van der Waals surface area contributed by atoms with E-state index in [4.69, 9.17) is 9.73 Å². The molecule has 3 aromatic carbocycles. The molecule has 5 rings (SSSR count). The molecular formula is C32H31N5O3. The first kappa shape index (κ1) is 26.7. The summed E-state index contributed by atoms with van der Waals surface area (Å²) in [5.41, 5.74) is 4.95. The van der Waals surface area contributed by atoms with Crippen molar-refractivity contribution in [2.24, 2.45) is 4.99 Å². The van der Waals surface area contributed by atoms with Crippen molar-refractivity contribution in [3.63, 3.8) is 0 Å². The van der Waals surface area contributed by atoms with Gasteiger partial charge >= 0.3 is 6.09 Å². The van der Waals surface area contributed by atoms with Crippen molar-refractivity contribution in [1.82, 2.24) is 20.6 Å². The molecule has 8 nitrogen and oxygen atoms in total. The Bertz CT molecular complexity index is 1530. The highest BCUT2D eigenvalue weighted by atomic mass is 16.6. The number of alkyl carbamates (subject to hydrolysis) is 1. The Labute approximate surface area is 233 Å². The van der Waals surface area contributed by atoms with E-state index >= 15 is 0 Å². The third-order valence-corrected chi connectivity index (χ3v) is 6.35. The summed E-state index contributed by atoms with van der Waals surface area (Å²) in [5.74, 6) is -0.406. The van der Waals surface area contributed by atoms with E-state index in [0.717, 1.165) is 28.0 Å². The van der Waals surface area contributed by atoms with Crippen molar-refractivity contribution < 1.29 is 14.3 Å². The highest BCUT2D eigenvalue weighted by Gasteiger charge is 2.30. The van der Waals surface area contributed by atoms with Crippen molar-refractivity contribution in [1.29, 1.82) is 0 Å². The van der Waals surface area contributed by atoms with Crippen molar-refractivity contribution >= 4 is 17.7 Å². The molecule has 0 radical (unpaired) electrons. The highest BCUT2D eigenvalue weighted by molar-refractivity contribution is 6.17. The standard InChI is InChI=1S/C32H31N5O3/c1-32(2,3)40-31(39)35-26(18-21-12-6-4-7-13-21)30(38)37-29-25-19-33-20-34-28(25)24-17-11-10-16-23(24)27(36-29)22-14-8-5-9-15-22/h4-17,19-20,26,29H,18H2,1-3H3,(H,35,39)(H,37,38)/t26-,29+/m0/s1. The van der Waals surface area contributed by atoms with Crippen LogP contribution >= 0.6 is 0 Å². The number of aromatic nitrogens is 2. The number of fused-ring (bicyclic) bond motifs is 3. The second-order valence-corrected chi connectivity index (χ2v) is 10.5. The number of ether oxygens (including phenoxy) is 1. The summed E-state index contributed by atoms with van der Waals surface area (Å²) in [6, 6.07) is 26.3. The predicted molar refractivity (Wildman–Crippen MR) is 154 cm³/mol. The van der Waals surface area contributed by atoms with Crippen LogP contribution in [-0.4, -0.2) is 39.3 Å². The van der Waals surface area contributed by atoms with Gasteiger partial charge < -0.3 is 15.4 Å². The normalized spacial score (nSPS) is 15.0. The molecule has 1 aliphatic rings. The Morgan fingerprint density at radius 2 is 1.55 bits per heavy atom. The zero-order chi connectivity index (χ0) is 28.1. The van der Waals surface area contributed by atoms with Gasteiger partial charge in [-0.15, -0.1) is 0 Å². The van der Waals surface area contributed by atoms with Gasteiger partial charge in [-0.1, -0.05) is 84.9 Å². The minimum absolute atomic E-state index is 0.270. The topological polar surface area (TPSA) is 106 Å². The lowest BCUT2D eigenvalue weighted by molar-refractivity contribution is -0.123. The molecule has 2 amide bonds. The van der Waals surface area contributed by atoms with E-state index in [1.807, 2.05) is 84.9 Å². The maximum absolute atomic E-state index is 13.9. The fourth-order valence-electron chi connectivity index (χ4n) is 4.61. The number of aliphatic imine (C=N–C) groups is 1. The Morgan fingerprint density at radius 1 is 0.900 bits per heavy atom. The van der Waals surface area contributed by atoms with Crippen LogP contribution in [0.4, 0.5) is 4.79 Å². The largest absolute Gasteiger partial charge is 0.444 e. The fourth-order valence-corrected chi connectivity index (χ4v) is 4.61. The molecule has 1 aliphatic heterocycles. The van der Waals surface area contributed by atoms with Gasteiger partial charge in [0.05, 0.1) is 11.4 Å².